The zero-order chi connectivity index (χ0) is 11.1. The summed E-state index contributed by atoms with van der Waals surface area (Å²) in [6.07, 6.45) is 5.30. The van der Waals surface area contributed by atoms with Crippen molar-refractivity contribution < 1.29 is 4.74 Å². The molecule has 0 bridgehead atoms. The van der Waals surface area contributed by atoms with Crippen LogP contribution in [0.25, 0.3) is 0 Å². The Bertz CT molecular complexity index is 182. The van der Waals surface area contributed by atoms with E-state index < -0.39 is 0 Å². The van der Waals surface area contributed by atoms with E-state index in [0.29, 0.717) is 0 Å². The summed E-state index contributed by atoms with van der Waals surface area (Å²) < 4.78 is 5.71. The van der Waals surface area contributed by atoms with E-state index in [4.69, 9.17) is 10.5 Å². The molecule has 88 valence electrons. The average molecular weight is 212 g/mol. The number of hydrogen-bond donors (Lipinski definition) is 1. The Morgan fingerprint density at radius 3 is 3.13 bits per heavy atom. The lowest BCUT2D eigenvalue weighted by atomic mass is 10.0. The molecule has 2 N–H and O–H groups in total. The van der Waals surface area contributed by atoms with Gasteiger partial charge in [0, 0.05) is 19.1 Å². The Balaban J connectivity index is 2.30. The Labute approximate surface area is 93.3 Å². The predicted molar refractivity (Wildman–Crippen MR) is 63.9 cm³/mol. The first-order chi connectivity index (χ1) is 7.27. The van der Waals surface area contributed by atoms with E-state index in [9.17, 15) is 0 Å². The fourth-order valence-electron chi connectivity index (χ4n) is 2.01. The summed E-state index contributed by atoms with van der Waals surface area (Å²) in [5.74, 6) is 0. The van der Waals surface area contributed by atoms with Crippen LogP contribution in [0.1, 0.15) is 26.2 Å². The highest BCUT2D eigenvalue weighted by Crippen LogP contribution is 2.11. The molecule has 0 aromatic heterocycles. The highest BCUT2D eigenvalue weighted by Gasteiger charge is 2.24. The summed E-state index contributed by atoms with van der Waals surface area (Å²) in [5, 5.41) is 0. The molecular formula is C12H24N2O. The molecule has 1 heterocycles. The second-order valence-corrected chi connectivity index (χ2v) is 4.24. The lowest BCUT2D eigenvalue weighted by molar-refractivity contribution is -0.0411. The standard InChI is InChI=1S/C12H24N2O/c1-3-5-6-11(13)12-10-14(7-4-2)8-9-15-12/h3,11-12H,1,4-10,13H2,2H3. The van der Waals surface area contributed by atoms with Crippen molar-refractivity contribution in [2.45, 2.75) is 38.3 Å². The van der Waals surface area contributed by atoms with E-state index in [1.807, 2.05) is 6.08 Å². The van der Waals surface area contributed by atoms with Crippen molar-refractivity contribution in [1.82, 2.24) is 4.90 Å². The maximum Gasteiger partial charge on any atom is 0.0853 e. The van der Waals surface area contributed by atoms with E-state index >= 15 is 0 Å². The largest absolute Gasteiger partial charge is 0.374 e. The lowest BCUT2D eigenvalue weighted by Gasteiger charge is -2.35. The third-order valence-electron chi connectivity index (χ3n) is 2.90. The van der Waals surface area contributed by atoms with E-state index in [-0.39, 0.29) is 12.1 Å². The lowest BCUT2D eigenvalue weighted by Crippen LogP contribution is -2.50. The monoisotopic (exact) mass is 212 g/mol. The normalized spacial score (nSPS) is 25.1. The Kier molecular flexibility index (Phi) is 5.91. The smallest absolute Gasteiger partial charge is 0.0853 e. The van der Waals surface area contributed by atoms with Crippen molar-refractivity contribution in [3.8, 4) is 0 Å². The zero-order valence-corrected chi connectivity index (χ0v) is 9.82. The molecule has 0 spiro atoms. The number of ether oxygens (including phenoxy) is 1. The summed E-state index contributed by atoms with van der Waals surface area (Å²) in [5.41, 5.74) is 6.09. The maximum absolute atomic E-state index is 6.09. The van der Waals surface area contributed by atoms with Gasteiger partial charge in [-0.3, -0.25) is 4.90 Å². The number of allylic oxidation sites excluding steroid dienone is 1. The molecule has 1 rings (SSSR count). The van der Waals surface area contributed by atoms with Gasteiger partial charge in [-0.25, -0.2) is 0 Å². The van der Waals surface area contributed by atoms with Crippen LogP contribution in [0.15, 0.2) is 12.7 Å². The van der Waals surface area contributed by atoms with Gasteiger partial charge in [0.25, 0.3) is 0 Å². The van der Waals surface area contributed by atoms with Gasteiger partial charge in [-0.15, -0.1) is 6.58 Å². The minimum absolute atomic E-state index is 0.155. The van der Waals surface area contributed by atoms with Gasteiger partial charge in [-0.2, -0.15) is 0 Å². The molecule has 1 aliphatic rings. The average Bonchev–Trinajstić information content (AvgIpc) is 2.27. The van der Waals surface area contributed by atoms with Crippen LogP contribution < -0.4 is 5.73 Å². The third-order valence-corrected chi connectivity index (χ3v) is 2.90. The van der Waals surface area contributed by atoms with Crippen LogP contribution in [0.2, 0.25) is 0 Å². The van der Waals surface area contributed by atoms with Crippen LogP contribution in [0.3, 0.4) is 0 Å². The summed E-state index contributed by atoms with van der Waals surface area (Å²) >= 11 is 0. The van der Waals surface area contributed by atoms with Crippen molar-refractivity contribution >= 4 is 0 Å². The van der Waals surface area contributed by atoms with Crippen molar-refractivity contribution in [2.24, 2.45) is 5.73 Å². The van der Waals surface area contributed by atoms with Gasteiger partial charge in [0.2, 0.25) is 0 Å². The molecule has 0 aromatic rings. The second-order valence-electron chi connectivity index (χ2n) is 4.24. The third kappa shape index (κ3) is 4.33. The molecule has 0 aromatic carbocycles. The SMILES string of the molecule is C=CCCC(N)C1CN(CCC)CCO1. The molecular weight excluding hydrogens is 188 g/mol. The van der Waals surface area contributed by atoms with Crippen LogP contribution in [0.4, 0.5) is 0 Å². The number of rotatable bonds is 6. The Morgan fingerprint density at radius 2 is 2.47 bits per heavy atom. The number of morpholine rings is 1. The highest BCUT2D eigenvalue weighted by molar-refractivity contribution is 4.82. The molecule has 0 saturated carbocycles. The summed E-state index contributed by atoms with van der Waals surface area (Å²) in [4.78, 5) is 2.45. The zero-order valence-electron chi connectivity index (χ0n) is 9.82. The van der Waals surface area contributed by atoms with Crippen molar-refractivity contribution in [3.05, 3.63) is 12.7 Å². The molecule has 1 fully saturated rings. The van der Waals surface area contributed by atoms with Crippen molar-refractivity contribution in [2.75, 3.05) is 26.2 Å². The molecule has 1 saturated heterocycles. The summed E-state index contributed by atoms with van der Waals surface area (Å²) in [6, 6.07) is 0.155. The molecule has 15 heavy (non-hydrogen) atoms. The first kappa shape index (κ1) is 12.7. The van der Waals surface area contributed by atoms with Crippen LogP contribution in [0.5, 0.6) is 0 Å². The quantitative estimate of drug-likeness (QED) is 0.676. The minimum Gasteiger partial charge on any atom is -0.374 e. The second kappa shape index (κ2) is 6.99. The van der Waals surface area contributed by atoms with E-state index in [0.717, 1.165) is 39.1 Å². The van der Waals surface area contributed by atoms with Gasteiger partial charge < -0.3 is 10.5 Å². The van der Waals surface area contributed by atoms with E-state index in [1.165, 1.54) is 6.42 Å². The topological polar surface area (TPSA) is 38.5 Å². The molecule has 2 unspecified atom stereocenters. The van der Waals surface area contributed by atoms with Gasteiger partial charge in [0.05, 0.1) is 12.7 Å². The van der Waals surface area contributed by atoms with Crippen molar-refractivity contribution in [1.29, 1.82) is 0 Å². The molecule has 1 aliphatic heterocycles. The van der Waals surface area contributed by atoms with Gasteiger partial charge >= 0.3 is 0 Å². The van der Waals surface area contributed by atoms with E-state index in [2.05, 4.69) is 18.4 Å². The maximum atomic E-state index is 6.09. The molecule has 3 nitrogen and oxygen atoms in total. The number of hydrogen-bond acceptors (Lipinski definition) is 3. The van der Waals surface area contributed by atoms with Gasteiger partial charge in [-0.05, 0) is 25.8 Å². The molecule has 0 amide bonds. The number of nitrogens with two attached hydrogens (primary N) is 1. The molecule has 0 radical (unpaired) electrons. The van der Waals surface area contributed by atoms with Gasteiger partial charge in [0.1, 0.15) is 0 Å². The summed E-state index contributed by atoms with van der Waals surface area (Å²) in [6.45, 7) is 9.96. The van der Waals surface area contributed by atoms with E-state index in [1.54, 1.807) is 0 Å². The fraction of sp³-hybridized carbons (Fsp3) is 0.833. The first-order valence-electron chi connectivity index (χ1n) is 5.98. The van der Waals surface area contributed by atoms with Crippen molar-refractivity contribution in [3.63, 3.8) is 0 Å². The van der Waals surface area contributed by atoms with Crippen LogP contribution >= 0.6 is 0 Å². The fourth-order valence-corrected chi connectivity index (χ4v) is 2.01. The van der Waals surface area contributed by atoms with Gasteiger partial charge in [0.15, 0.2) is 0 Å². The van der Waals surface area contributed by atoms with Crippen LogP contribution in [-0.2, 0) is 4.74 Å². The number of nitrogens with zero attached hydrogens (tertiary/aromatic N) is 1. The minimum atomic E-state index is 0.155. The highest BCUT2D eigenvalue weighted by atomic mass is 16.5. The van der Waals surface area contributed by atoms with Crippen LogP contribution in [-0.4, -0.2) is 43.3 Å². The Hall–Kier alpha value is -0.380. The van der Waals surface area contributed by atoms with Gasteiger partial charge in [-0.1, -0.05) is 13.0 Å². The predicted octanol–water partition coefficient (Wildman–Crippen LogP) is 1.39. The molecule has 0 aliphatic carbocycles. The summed E-state index contributed by atoms with van der Waals surface area (Å²) in [7, 11) is 0. The molecule has 2 atom stereocenters. The molecule has 3 heteroatoms. The Morgan fingerprint density at radius 1 is 1.67 bits per heavy atom. The van der Waals surface area contributed by atoms with Crippen LogP contribution in [0, 0.1) is 0 Å². The first-order valence-corrected chi connectivity index (χ1v) is 5.98.